The molecule has 2 fully saturated rings. The van der Waals surface area contributed by atoms with E-state index in [0.717, 1.165) is 31.0 Å². The molecule has 1 heterocycles. The van der Waals surface area contributed by atoms with Gasteiger partial charge < -0.3 is 10.6 Å². The van der Waals surface area contributed by atoms with Gasteiger partial charge in [-0.2, -0.15) is 11.8 Å². The summed E-state index contributed by atoms with van der Waals surface area (Å²) in [4.78, 5) is 12.8. The van der Waals surface area contributed by atoms with Crippen LogP contribution in [0.2, 0.25) is 0 Å². The van der Waals surface area contributed by atoms with Crippen molar-refractivity contribution >= 4 is 23.4 Å². The first-order valence-electron chi connectivity index (χ1n) is 7.85. The van der Waals surface area contributed by atoms with Gasteiger partial charge in [0.25, 0.3) is 0 Å². The van der Waals surface area contributed by atoms with Crippen molar-refractivity contribution in [1.82, 2.24) is 5.32 Å². The quantitative estimate of drug-likeness (QED) is 0.897. The first-order chi connectivity index (χ1) is 10.2. The lowest BCUT2D eigenvalue weighted by Crippen LogP contribution is -2.44. The number of carbonyl (C=O) groups is 1. The van der Waals surface area contributed by atoms with Gasteiger partial charge in [-0.25, -0.2) is 0 Å². The average molecular weight is 304 g/mol. The van der Waals surface area contributed by atoms with E-state index in [1.807, 2.05) is 23.9 Å². The molecule has 0 bridgehead atoms. The van der Waals surface area contributed by atoms with Gasteiger partial charge in [-0.05, 0) is 49.3 Å². The molecule has 2 aliphatic rings. The molecule has 1 amide bonds. The Morgan fingerprint density at radius 1 is 1.38 bits per heavy atom. The zero-order chi connectivity index (χ0) is 14.7. The largest absolute Gasteiger partial charge is 0.326 e. The number of carbonyl (C=O) groups excluding carboxylic acids is 1. The summed E-state index contributed by atoms with van der Waals surface area (Å²) in [5.74, 6) is 1.75. The summed E-state index contributed by atoms with van der Waals surface area (Å²) in [5, 5.41) is 6.59. The Kier molecular flexibility index (Phi) is 4.55. The van der Waals surface area contributed by atoms with Gasteiger partial charge in [0.2, 0.25) is 5.91 Å². The normalized spacial score (nSPS) is 28.1. The molecule has 1 aromatic carbocycles. The molecular weight excluding hydrogens is 280 g/mol. The predicted molar refractivity (Wildman–Crippen MR) is 89.6 cm³/mol. The van der Waals surface area contributed by atoms with E-state index in [0.29, 0.717) is 5.92 Å². The van der Waals surface area contributed by atoms with Crippen molar-refractivity contribution in [3.63, 3.8) is 0 Å². The first-order valence-corrected chi connectivity index (χ1v) is 9.24. The molecule has 3 rings (SSSR count). The van der Waals surface area contributed by atoms with Crippen molar-refractivity contribution in [2.24, 2.45) is 11.3 Å². The summed E-state index contributed by atoms with van der Waals surface area (Å²) in [5.41, 5.74) is 2.06. The van der Waals surface area contributed by atoms with Crippen LogP contribution in [0.5, 0.6) is 0 Å². The van der Waals surface area contributed by atoms with Crippen LogP contribution in [-0.2, 0) is 10.5 Å². The van der Waals surface area contributed by atoms with Gasteiger partial charge in [0.1, 0.15) is 0 Å². The fourth-order valence-electron chi connectivity index (χ4n) is 3.80. The Balaban J connectivity index is 1.70. The van der Waals surface area contributed by atoms with Gasteiger partial charge >= 0.3 is 0 Å². The highest BCUT2D eigenvalue weighted by Gasteiger charge is 2.49. The Morgan fingerprint density at radius 2 is 2.19 bits per heavy atom. The number of hydrogen-bond acceptors (Lipinski definition) is 3. The molecule has 21 heavy (non-hydrogen) atoms. The maximum atomic E-state index is 12.8. The summed E-state index contributed by atoms with van der Waals surface area (Å²) in [7, 11) is 0. The minimum atomic E-state index is -0.170. The van der Waals surface area contributed by atoms with Crippen molar-refractivity contribution in [3.05, 3.63) is 29.8 Å². The second kappa shape index (κ2) is 6.41. The predicted octanol–water partition coefficient (Wildman–Crippen LogP) is 3.27. The summed E-state index contributed by atoms with van der Waals surface area (Å²) in [6.07, 6.45) is 6.77. The zero-order valence-corrected chi connectivity index (χ0v) is 13.5. The summed E-state index contributed by atoms with van der Waals surface area (Å²) >= 11 is 1.81. The maximum Gasteiger partial charge on any atom is 0.232 e. The lowest BCUT2D eigenvalue weighted by molar-refractivity contribution is -0.128. The van der Waals surface area contributed by atoms with E-state index in [9.17, 15) is 4.79 Å². The third kappa shape index (κ3) is 2.97. The lowest BCUT2D eigenvalue weighted by Gasteiger charge is -2.37. The van der Waals surface area contributed by atoms with Crippen molar-refractivity contribution in [2.75, 3.05) is 24.7 Å². The van der Waals surface area contributed by atoms with Crippen LogP contribution in [0.4, 0.5) is 5.69 Å². The molecule has 2 N–H and O–H groups in total. The van der Waals surface area contributed by atoms with E-state index in [-0.39, 0.29) is 11.3 Å². The second-order valence-electron chi connectivity index (χ2n) is 6.31. The fourth-order valence-corrected chi connectivity index (χ4v) is 4.32. The molecule has 2 atom stereocenters. The Hall–Kier alpha value is -1.00. The number of rotatable bonds is 4. The molecule has 0 unspecified atom stereocenters. The number of thioether (sulfide) groups is 1. The molecule has 1 saturated carbocycles. The van der Waals surface area contributed by atoms with Gasteiger partial charge in [-0.3, -0.25) is 4.79 Å². The minimum Gasteiger partial charge on any atom is -0.326 e. The molecule has 1 aliphatic heterocycles. The van der Waals surface area contributed by atoms with E-state index >= 15 is 0 Å². The van der Waals surface area contributed by atoms with Crippen molar-refractivity contribution in [3.8, 4) is 0 Å². The maximum absolute atomic E-state index is 12.8. The third-order valence-corrected chi connectivity index (χ3v) is 5.64. The highest BCUT2D eigenvalue weighted by Crippen LogP contribution is 2.44. The van der Waals surface area contributed by atoms with Crippen LogP contribution in [0.3, 0.4) is 0 Å². The molecule has 1 saturated heterocycles. The van der Waals surface area contributed by atoms with Crippen molar-refractivity contribution in [1.29, 1.82) is 0 Å². The molecule has 4 heteroatoms. The van der Waals surface area contributed by atoms with Gasteiger partial charge in [0.05, 0.1) is 5.41 Å². The summed E-state index contributed by atoms with van der Waals surface area (Å²) < 4.78 is 0. The summed E-state index contributed by atoms with van der Waals surface area (Å²) in [6.45, 7) is 1.84. The van der Waals surface area contributed by atoms with Crippen LogP contribution in [0, 0.1) is 11.3 Å². The van der Waals surface area contributed by atoms with Gasteiger partial charge in [-0.15, -0.1) is 0 Å². The molecule has 0 aromatic heterocycles. The van der Waals surface area contributed by atoms with Crippen LogP contribution in [-0.4, -0.2) is 25.3 Å². The number of nitrogens with one attached hydrogen (secondary N) is 2. The molecule has 3 nitrogen and oxygen atoms in total. The van der Waals surface area contributed by atoms with E-state index in [2.05, 4.69) is 29.0 Å². The Labute approximate surface area is 131 Å². The van der Waals surface area contributed by atoms with E-state index in [1.165, 1.54) is 24.8 Å². The van der Waals surface area contributed by atoms with Crippen LogP contribution in [0.25, 0.3) is 0 Å². The zero-order valence-electron chi connectivity index (χ0n) is 12.7. The topological polar surface area (TPSA) is 41.1 Å². The van der Waals surface area contributed by atoms with E-state index < -0.39 is 0 Å². The third-order valence-electron chi connectivity index (χ3n) is 5.01. The number of fused-ring (bicyclic) bond motifs is 1. The molecule has 0 spiro atoms. The van der Waals surface area contributed by atoms with Gasteiger partial charge in [0, 0.05) is 18.0 Å². The highest BCUT2D eigenvalue weighted by atomic mass is 32.2. The fraction of sp³-hybridized carbons (Fsp3) is 0.588. The molecule has 0 radical (unpaired) electrons. The summed E-state index contributed by atoms with van der Waals surface area (Å²) in [6, 6.07) is 8.27. The second-order valence-corrected chi connectivity index (χ2v) is 7.18. The Morgan fingerprint density at radius 3 is 2.95 bits per heavy atom. The van der Waals surface area contributed by atoms with Crippen LogP contribution in [0.1, 0.15) is 31.2 Å². The van der Waals surface area contributed by atoms with Gasteiger partial charge in [-0.1, -0.05) is 25.0 Å². The first kappa shape index (κ1) is 14.9. The molecule has 114 valence electrons. The number of hydrogen-bond donors (Lipinski definition) is 2. The van der Waals surface area contributed by atoms with E-state index in [4.69, 9.17) is 0 Å². The van der Waals surface area contributed by atoms with Crippen LogP contribution < -0.4 is 10.6 Å². The van der Waals surface area contributed by atoms with Crippen molar-refractivity contribution < 1.29 is 4.79 Å². The lowest BCUT2D eigenvalue weighted by atomic mass is 9.67. The Bertz CT molecular complexity index is 502. The number of anilines is 1. The molecule has 1 aliphatic carbocycles. The highest BCUT2D eigenvalue weighted by molar-refractivity contribution is 7.97. The smallest absolute Gasteiger partial charge is 0.232 e. The van der Waals surface area contributed by atoms with Crippen molar-refractivity contribution in [2.45, 2.75) is 31.4 Å². The average Bonchev–Trinajstić information content (AvgIpc) is 2.95. The van der Waals surface area contributed by atoms with Crippen LogP contribution in [0.15, 0.2) is 24.3 Å². The molecule has 1 aromatic rings. The van der Waals surface area contributed by atoms with Crippen LogP contribution >= 0.6 is 11.8 Å². The van der Waals surface area contributed by atoms with E-state index in [1.54, 1.807) is 0 Å². The SMILES string of the molecule is CSCc1ccc(NC(=O)[C@@]23CCCC[C@H]2CNC3)cc1. The monoisotopic (exact) mass is 304 g/mol. The number of benzene rings is 1. The number of amides is 1. The minimum absolute atomic E-state index is 0.170. The van der Waals surface area contributed by atoms with Gasteiger partial charge in [0.15, 0.2) is 0 Å². The molecular formula is C17H24N2OS. The standard InChI is InChI=1S/C17H24N2OS/c1-21-11-13-5-7-15(8-6-13)19-16(20)17-9-3-2-4-14(17)10-18-12-17/h5-8,14,18H,2-4,9-12H2,1H3,(H,19,20)/t14-,17+/m0/s1.